The van der Waals surface area contributed by atoms with Crippen LogP contribution in [0.5, 0.6) is 0 Å². The average Bonchev–Trinajstić information content (AvgIpc) is 3.18. The van der Waals surface area contributed by atoms with Crippen molar-refractivity contribution in [1.29, 1.82) is 0 Å². The van der Waals surface area contributed by atoms with Gasteiger partial charge in [-0.25, -0.2) is 4.68 Å². The van der Waals surface area contributed by atoms with Crippen molar-refractivity contribution >= 4 is 38.8 Å². The van der Waals surface area contributed by atoms with E-state index in [1.54, 1.807) is 19.9 Å². The fourth-order valence-electron chi connectivity index (χ4n) is 2.64. The van der Waals surface area contributed by atoms with E-state index in [2.05, 4.69) is 9.50 Å². The predicted molar refractivity (Wildman–Crippen MR) is 95.6 cm³/mol. The van der Waals surface area contributed by atoms with Gasteiger partial charge in [-0.15, -0.1) is 15.7 Å². The summed E-state index contributed by atoms with van der Waals surface area (Å²) in [5.41, 5.74) is 2.28. The van der Waals surface area contributed by atoms with Gasteiger partial charge in [0, 0.05) is 4.88 Å². The quantitative estimate of drug-likeness (QED) is 0.646. The number of sulfonamides is 1. The molecule has 5 nitrogen and oxygen atoms in total. The number of nitrogens with zero attached hydrogens (tertiary/aromatic N) is 3. The van der Waals surface area contributed by atoms with E-state index in [9.17, 15) is 8.42 Å². The maximum atomic E-state index is 12.4. The lowest BCUT2D eigenvalue weighted by atomic mass is 10.2. The van der Waals surface area contributed by atoms with Crippen molar-refractivity contribution in [3.63, 3.8) is 0 Å². The van der Waals surface area contributed by atoms with Crippen molar-refractivity contribution < 1.29 is 8.42 Å². The summed E-state index contributed by atoms with van der Waals surface area (Å²) in [4.78, 5) is 1.70. The van der Waals surface area contributed by atoms with Crippen LogP contribution in [0.1, 0.15) is 16.3 Å². The van der Waals surface area contributed by atoms with Crippen LogP contribution in [-0.4, -0.2) is 24.0 Å². The third-order valence-corrected chi connectivity index (χ3v) is 6.99. The zero-order valence-electron chi connectivity index (χ0n) is 12.8. The van der Waals surface area contributed by atoms with Crippen LogP contribution in [0.2, 0.25) is 5.02 Å². The highest BCUT2D eigenvalue weighted by Gasteiger charge is 2.34. The van der Waals surface area contributed by atoms with E-state index in [0.29, 0.717) is 27.1 Å². The molecule has 0 saturated heterocycles. The molecule has 1 aromatic carbocycles. The maximum Gasteiger partial charge on any atom is 0.285 e. The molecule has 1 aliphatic heterocycles. The third kappa shape index (κ3) is 2.23. The summed E-state index contributed by atoms with van der Waals surface area (Å²) in [6.07, 6.45) is 0. The van der Waals surface area contributed by atoms with Gasteiger partial charge in [-0.05, 0) is 25.5 Å². The Morgan fingerprint density at radius 3 is 2.50 bits per heavy atom. The summed E-state index contributed by atoms with van der Waals surface area (Å²) in [6, 6.07) is 11.3. The van der Waals surface area contributed by atoms with Crippen LogP contribution in [0.15, 0.2) is 45.7 Å². The topological polar surface area (TPSA) is 64.3 Å². The minimum absolute atomic E-state index is 0.227. The smallest absolute Gasteiger partial charge is 0.216 e. The maximum absolute atomic E-state index is 12.4. The lowest BCUT2D eigenvalue weighted by molar-refractivity contribution is 0.599. The zero-order chi connectivity index (χ0) is 17.1. The summed E-state index contributed by atoms with van der Waals surface area (Å²) in [5, 5.41) is 4.85. The molecule has 1 aliphatic rings. The van der Waals surface area contributed by atoms with Crippen molar-refractivity contribution in [2.75, 3.05) is 0 Å². The molecule has 2 aromatic heterocycles. The van der Waals surface area contributed by atoms with E-state index in [4.69, 9.17) is 11.6 Å². The van der Waals surface area contributed by atoms with Gasteiger partial charge in [0.05, 0.1) is 21.3 Å². The van der Waals surface area contributed by atoms with Gasteiger partial charge in [0.25, 0.3) is 10.0 Å². The fourth-order valence-corrected chi connectivity index (χ4v) is 5.45. The molecule has 0 fully saturated rings. The van der Waals surface area contributed by atoms with Crippen molar-refractivity contribution in [3.8, 4) is 10.4 Å². The van der Waals surface area contributed by atoms with E-state index in [0.717, 1.165) is 10.4 Å². The number of thiophene rings is 1. The van der Waals surface area contributed by atoms with Gasteiger partial charge in [0.2, 0.25) is 0 Å². The number of hydrogen-bond acceptors (Lipinski definition) is 4. The molecular formula is C16H12ClN3O2S2. The van der Waals surface area contributed by atoms with Gasteiger partial charge in [-0.1, -0.05) is 41.9 Å². The van der Waals surface area contributed by atoms with Gasteiger partial charge >= 0.3 is 0 Å². The number of fused-ring (bicyclic) bond motifs is 1. The fraction of sp³-hybridized carbons (Fsp3) is 0.125. The molecule has 4 rings (SSSR count). The SMILES string of the molecule is Cc1nn(C2=NS(=O)(=O)c3cc(-c4ccccc4)sc32)c(C)c1Cl. The summed E-state index contributed by atoms with van der Waals surface area (Å²) < 4.78 is 30.3. The Kier molecular flexibility index (Phi) is 3.42. The second-order valence-corrected chi connectivity index (χ2v) is 8.46. The second kappa shape index (κ2) is 5.27. The van der Waals surface area contributed by atoms with Gasteiger partial charge < -0.3 is 0 Å². The average molecular weight is 378 g/mol. The molecule has 24 heavy (non-hydrogen) atoms. The Labute approximate surface area is 148 Å². The van der Waals surface area contributed by atoms with E-state index >= 15 is 0 Å². The number of aromatic nitrogens is 2. The van der Waals surface area contributed by atoms with Gasteiger partial charge in [-0.3, -0.25) is 0 Å². The normalized spacial score (nSPS) is 15.4. The molecule has 122 valence electrons. The number of benzene rings is 1. The van der Waals surface area contributed by atoms with E-state index in [1.165, 1.54) is 16.0 Å². The van der Waals surface area contributed by atoms with Crippen LogP contribution in [-0.2, 0) is 10.0 Å². The molecule has 0 radical (unpaired) electrons. The number of halogens is 1. The van der Waals surface area contributed by atoms with Gasteiger partial charge in [-0.2, -0.15) is 13.5 Å². The highest BCUT2D eigenvalue weighted by Crippen LogP contribution is 2.39. The molecule has 0 bridgehead atoms. The molecule has 3 heterocycles. The Hall–Kier alpha value is -1.96. The summed E-state index contributed by atoms with van der Waals surface area (Å²) in [6.45, 7) is 3.57. The van der Waals surface area contributed by atoms with Crippen molar-refractivity contribution in [1.82, 2.24) is 9.78 Å². The Balaban J connectivity index is 1.93. The minimum atomic E-state index is -3.72. The minimum Gasteiger partial charge on any atom is -0.216 e. The lowest BCUT2D eigenvalue weighted by Gasteiger charge is -2.02. The third-order valence-electron chi connectivity index (χ3n) is 3.85. The summed E-state index contributed by atoms with van der Waals surface area (Å²) in [5.74, 6) is 0.310. The molecule has 3 aromatic rings. The number of rotatable bonds is 1. The first kappa shape index (κ1) is 15.6. The van der Waals surface area contributed by atoms with Gasteiger partial charge in [0.15, 0.2) is 5.84 Å². The largest absolute Gasteiger partial charge is 0.285 e. The monoisotopic (exact) mass is 377 g/mol. The molecule has 0 unspecified atom stereocenters. The number of aryl methyl sites for hydroxylation is 1. The molecule has 0 N–H and O–H groups in total. The number of hydrogen-bond donors (Lipinski definition) is 0. The molecule has 0 amide bonds. The van der Waals surface area contributed by atoms with Crippen LogP contribution in [0, 0.1) is 13.8 Å². The molecule has 0 saturated carbocycles. The van der Waals surface area contributed by atoms with Crippen LogP contribution in [0.4, 0.5) is 0 Å². The first-order chi connectivity index (χ1) is 11.4. The Morgan fingerprint density at radius 1 is 1.17 bits per heavy atom. The van der Waals surface area contributed by atoms with Crippen LogP contribution >= 0.6 is 22.9 Å². The summed E-state index contributed by atoms with van der Waals surface area (Å²) >= 11 is 7.58. The summed E-state index contributed by atoms with van der Waals surface area (Å²) in [7, 11) is -3.72. The van der Waals surface area contributed by atoms with E-state index < -0.39 is 10.0 Å². The van der Waals surface area contributed by atoms with E-state index in [-0.39, 0.29) is 4.90 Å². The second-order valence-electron chi connectivity index (χ2n) is 5.46. The lowest BCUT2D eigenvalue weighted by Crippen LogP contribution is -2.13. The Bertz CT molecular complexity index is 1100. The Morgan fingerprint density at radius 2 is 1.88 bits per heavy atom. The van der Waals surface area contributed by atoms with Gasteiger partial charge in [0.1, 0.15) is 4.90 Å². The van der Waals surface area contributed by atoms with Crippen LogP contribution < -0.4 is 0 Å². The van der Waals surface area contributed by atoms with Crippen molar-refractivity contribution in [3.05, 3.63) is 57.7 Å². The highest BCUT2D eigenvalue weighted by atomic mass is 35.5. The molecule has 0 atom stereocenters. The molecule has 8 heteroatoms. The van der Waals surface area contributed by atoms with Crippen LogP contribution in [0.25, 0.3) is 10.4 Å². The predicted octanol–water partition coefficient (Wildman–Crippen LogP) is 3.88. The van der Waals surface area contributed by atoms with Crippen molar-refractivity contribution in [2.45, 2.75) is 18.7 Å². The zero-order valence-corrected chi connectivity index (χ0v) is 15.2. The first-order valence-corrected chi connectivity index (χ1v) is 9.78. The molecular weight excluding hydrogens is 366 g/mol. The van der Waals surface area contributed by atoms with Crippen molar-refractivity contribution in [2.24, 2.45) is 4.40 Å². The standard InChI is InChI=1S/C16H12ClN3O2S2/c1-9-14(17)10(2)20(18-9)16-15-13(24(21,22)19-16)8-12(23-15)11-6-4-3-5-7-11/h3-8H,1-2H3. The molecule has 0 aliphatic carbocycles. The first-order valence-electron chi connectivity index (χ1n) is 7.15. The van der Waals surface area contributed by atoms with E-state index in [1.807, 2.05) is 30.3 Å². The highest BCUT2D eigenvalue weighted by molar-refractivity contribution is 7.91. The van der Waals surface area contributed by atoms with Crippen LogP contribution in [0.3, 0.4) is 0 Å². The molecule has 0 spiro atoms.